The van der Waals surface area contributed by atoms with Gasteiger partial charge < -0.3 is 0 Å². The second-order valence-corrected chi connectivity index (χ2v) is 5.91. The van der Waals surface area contributed by atoms with Gasteiger partial charge in [-0.2, -0.15) is 10.2 Å². The van der Waals surface area contributed by atoms with E-state index in [1.807, 2.05) is 0 Å². The van der Waals surface area contributed by atoms with Gasteiger partial charge in [-0.1, -0.05) is 48.0 Å². The van der Waals surface area contributed by atoms with Gasteiger partial charge in [0, 0.05) is 9.79 Å². The highest BCUT2D eigenvalue weighted by Crippen LogP contribution is 2.47. The van der Waals surface area contributed by atoms with Crippen LogP contribution < -0.4 is 0 Å². The normalized spacial score (nSPS) is 13.0. The van der Waals surface area contributed by atoms with Crippen molar-refractivity contribution in [3.05, 3.63) is 21.7 Å². The highest BCUT2D eigenvalue weighted by molar-refractivity contribution is 8.05. The van der Waals surface area contributed by atoms with Crippen LogP contribution in [0.25, 0.3) is 0 Å². The van der Waals surface area contributed by atoms with Gasteiger partial charge in [-0.25, -0.2) is 0 Å². The lowest BCUT2D eigenvalue weighted by atomic mass is 10.5. The van der Waals surface area contributed by atoms with Crippen LogP contribution in [0.15, 0.2) is 32.0 Å². The summed E-state index contributed by atoms with van der Waals surface area (Å²) in [4.78, 5) is 4.11. The Bertz CT molecular complexity index is 615. The third-order valence-electron chi connectivity index (χ3n) is 1.98. The predicted molar refractivity (Wildman–Crippen MR) is 67.1 cm³/mol. The summed E-state index contributed by atoms with van der Waals surface area (Å²) in [6, 6.07) is 0. The molecule has 1 aliphatic rings. The molecule has 0 atom stereocenters. The molecule has 3 heterocycles. The third kappa shape index (κ3) is 1.61. The number of hydrogen-bond acceptors (Lipinski definition) is 6. The molecule has 0 saturated carbocycles. The van der Waals surface area contributed by atoms with E-state index >= 15 is 0 Å². The van der Waals surface area contributed by atoms with E-state index in [4.69, 9.17) is 24.4 Å². The number of aromatic amines is 2. The first kappa shape index (κ1) is 10.5. The van der Waals surface area contributed by atoms with Crippen LogP contribution in [0.2, 0.25) is 0 Å². The largest absolute Gasteiger partial charge is 0.267 e. The van der Waals surface area contributed by atoms with E-state index in [9.17, 15) is 0 Å². The minimum absolute atomic E-state index is 0.652. The second-order valence-electron chi connectivity index (χ2n) is 2.99. The molecule has 0 amide bonds. The average Bonchev–Trinajstić information content (AvgIpc) is 2.29. The molecular formula is C8H4N4S4. The molecule has 0 bridgehead atoms. The minimum Gasteiger partial charge on any atom is -0.267 e. The SMILES string of the molecule is S=c1[nH]ncc2c1Sc1cn[nH]c(=S)c1S2. The number of aromatic nitrogens is 4. The van der Waals surface area contributed by atoms with Crippen LogP contribution >= 0.6 is 48.0 Å². The van der Waals surface area contributed by atoms with Gasteiger partial charge in [-0.05, 0) is 0 Å². The lowest BCUT2D eigenvalue weighted by Gasteiger charge is -2.16. The summed E-state index contributed by atoms with van der Waals surface area (Å²) in [6.45, 7) is 0. The van der Waals surface area contributed by atoms with Crippen LogP contribution in [-0.4, -0.2) is 20.4 Å². The molecule has 2 aromatic heterocycles. The molecule has 0 radical (unpaired) electrons. The van der Waals surface area contributed by atoms with Crippen molar-refractivity contribution < 1.29 is 0 Å². The number of fused-ring (bicyclic) bond motifs is 2. The molecular weight excluding hydrogens is 280 g/mol. The molecule has 8 heteroatoms. The van der Waals surface area contributed by atoms with E-state index < -0.39 is 0 Å². The van der Waals surface area contributed by atoms with Crippen molar-refractivity contribution >= 4 is 48.0 Å². The molecule has 80 valence electrons. The first-order valence-electron chi connectivity index (χ1n) is 4.27. The number of hydrogen-bond donors (Lipinski definition) is 2. The standard InChI is InChI=1S/C8H4N4S4/c13-7-5-3(1-9-11-7)15-6-4(16-5)2-10-12-8(6)14/h1-2H,(H,11,13)(H,12,14). The van der Waals surface area contributed by atoms with Crippen molar-refractivity contribution in [3.8, 4) is 0 Å². The lowest BCUT2D eigenvalue weighted by molar-refractivity contribution is 0.895. The monoisotopic (exact) mass is 284 g/mol. The molecule has 0 aliphatic carbocycles. The van der Waals surface area contributed by atoms with E-state index in [1.165, 1.54) is 0 Å². The Morgan fingerprint density at radius 2 is 1.31 bits per heavy atom. The van der Waals surface area contributed by atoms with Crippen LogP contribution in [0.1, 0.15) is 0 Å². The summed E-state index contributed by atoms with van der Waals surface area (Å²) in [5.74, 6) is 0. The van der Waals surface area contributed by atoms with Gasteiger partial charge in [0.05, 0.1) is 22.2 Å². The van der Waals surface area contributed by atoms with Crippen molar-refractivity contribution in [1.29, 1.82) is 0 Å². The minimum atomic E-state index is 0.652. The zero-order valence-corrected chi connectivity index (χ0v) is 10.9. The zero-order chi connectivity index (χ0) is 11.1. The fraction of sp³-hybridized carbons (Fsp3) is 0. The molecule has 0 spiro atoms. The van der Waals surface area contributed by atoms with E-state index in [1.54, 1.807) is 35.9 Å². The van der Waals surface area contributed by atoms with E-state index in [0.717, 1.165) is 19.6 Å². The maximum Gasteiger partial charge on any atom is 0.134 e. The van der Waals surface area contributed by atoms with Gasteiger partial charge in [0.15, 0.2) is 0 Å². The molecule has 0 saturated heterocycles. The Hall–Kier alpha value is -0.700. The van der Waals surface area contributed by atoms with Crippen molar-refractivity contribution in [2.75, 3.05) is 0 Å². The molecule has 4 nitrogen and oxygen atoms in total. The maximum absolute atomic E-state index is 5.19. The van der Waals surface area contributed by atoms with Crippen molar-refractivity contribution in [2.45, 2.75) is 19.6 Å². The van der Waals surface area contributed by atoms with Gasteiger partial charge in [0.1, 0.15) is 9.28 Å². The molecule has 0 unspecified atom stereocenters. The molecule has 2 aromatic rings. The molecule has 1 aliphatic heterocycles. The van der Waals surface area contributed by atoms with Crippen LogP contribution in [0.5, 0.6) is 0 Å². The van der Waals surface area contributed by atoms with Crippen molar-refractivity contribution in [2.24, 2.45) is 0 Å². The fourth-order valence-corrected chi connectivity index (χ4v) is 4.13. The third-order valence-corrected chi connectivity index (χ3v) is 5.40. The van der Waals surface area contributed by atoms with Crippen molar-refractivity contribution in [1.82, 2.24) is 20.4 Å². The number of rotatable bonds is 0. The Morgan fingerprint density at radius 1 is 0.875 bits per heavy atom. The first-order valence-corrected chi connectivity index (χ1v) is 6.72. The number of nitrogens with zero attached hydrogens (tertiary/aromatic N) is 2. The smallest absolute Gasteiger partial charge is 0.134 e. The van der Waals surface area contributed by atoms with E-state index in [0.29, 0.717) is 9.28 Å². The second kappa shape index (κ2) is 3.95. The summed E-state index contributed by atoms with van der Waals surface area (Å²) < 4.78 is 1.30. The maximum atomic E-state index is 5.19. The van der Waals surface area contributed by atoms with E-state index in [2.05, 4.69) is 20.4 Å². The summed E-state index contributed by atoms with van der Waals surface area (Å²) in [5.41, 5.74) is 0. The molecule has 2 N–H and O–H groups in total. The molecule has 0 fully saturated rings. The first-order chi connectivity index (χ1) is 7.75. The topological polar surface area (TPSA) is 57.4 Å². The molecule has 16 heavy (non-hydrogen) atoms. The van der Waals surface area contributed by atoms with Gasteiger partial charge in [-0.3, -0.25) is 10.2 Å². The Morgan fingerprint density at radius 3 is 1.75 bits per heavy atom. The van der Waals surface area contributed by atoms with E-state index in [-0.39, 0.29) is 0 Å². The summed E-state index contributed by atoms with van der Waals surface area (Å²) >= 11 is 13.5. The van der Waals surface area contributed by atoms with Crippen LogP contribution in [-0.2, 0) is 0 Å². The lowest BCUT2D eigenvalue weighted by Crippen LogP contribution is -1.96. The summed E-state index contributed by atoms with van der Waals surface area (Å²) in [6.07, 6.45) is 3.53. The fourth-order valence-electron chi connectivity index (χ4n) is 1.30. The number of nitrogens with one attached hydrogen (secondary N) is 2. The molecule has 0 aromatic carbocycles. The zero-order valence-electron chi connectivity index (χ0n) is 7.68. The Balaban J connectivity index is 2.25. The van der Waals surface area contributed by atoms with Gasteiger partial charge in [0.2, 0.25) is 0 Å². The summed E-state index contributed by atoms with van der Waals surface area (Å²) in [7, 11) is 0. The Labute approximate surface area is 109 Å². The summed E-state index contributed by atoms with van der Waals surface area (Å²) in [5, 5.41) is 13.5. The van der Waals surface area contributed by atoms with Crippen molar-refractivity contribution in [3.63, 3.8) is 0 Å². The highest BCUT2D eigenvalue weighted by atomic mass is 32.2. The Kier molecular flexibility index (Phi) is 2.58. The van der Waals surface area contributed by atoms with Crippen LogP contribution in [0.3, 0.4) is 0 Å². The predicted octanol–water partition coefficient (Wildman–Crippen LogP) is 3.21. The quantitative estimate of drug-likeness (QED) is 0.618. The van der Waals surface area contributed by atoms with Crippen LogP contribution in [0.4, 0.5) is 0 Å². The number of H-pyrrole nitrogens is 2. The van der Waals surface area contributed by atoms with Gasteiger partial charge >= 0.3 is 0 Å². The average molecular weight is 284 g/mol. The molecule has 3 rings (SSSR count). The van der Waals surface area contributed by atoms with Gasteiger partial charge in [0.25, 0.3) is 0 Å². The highest BCUT2D eigenvalue weighted by Gasteiger charge is 2.20. The van der Waals surface area contributed by atoms with Crippen LogP contribution in [0, 0.1) is 9.28 Å². The van der Waals surface area contributed by atoms with Gasteiger partial charge in [-0.15, -0.1) is 0 Å².